The van der Waals surface area contributed by atoms with E-state index < -0.39 is 126 Å². The smallest absolute Gasteiger partial charge is 0.311 e. The van der Waals surface area contributed by atoms with Gasteiger partial charge >= 0.3 is 5.97 Å². The maximum absolute atomic E-state index is 14.4. The third kappa shape index (κ3) is 14.6. The lowest BCUT2D eigenvalue weighted by atomic mass is 9.74. The van der Waals surface area contributed by atoms with Gasteiger partial charge in [0.2, 0.25) is 5.91 Å². The first-order valence-corrected chi connectivity index (χ1v) is 25.4. The Balaban J connectivity index is 1.64. The van der Waals surface area contributed by atoms with Crippen LogP contribution in [0.15, 0.2) is 29.2 Å². The van der Waals surface area contributed by atoms with E-state index in [4.69, 9.17) is 33.2 Å². The first-order chi connectivity index (χ1) is 32.7. The number of methoxy groups -OCH3 is 2. The molecule has 0 bridgehead atoms. The standard InChI is InChI=1S/C50H81F3N2O14S/c1-14-36-50(10,62)43(59)28(4)40(57)26(2)23-49(9,64-13)45(29(5)42(30(6)46(61)67-36)68-39-24-48(8,63-12)44(60)31(7)66-39)69-38-22-33(21-27(3)65-38)55(11)20-19-37(56)54-35(25-51)41(58)32-15-17-34(18-16-32)70-47(52)53/h15-18,26-31,33,35-36,38-39,41-45,47,58-60,62H,14,19-25H2,1-13H3,(H,54,56)/t26-,27-,28+,29+,30-,31+,33+,35-,36-,38+,39+,41-,42+,43-,44+,45-,48-,49-,50-/m1/s1. The molecule has 4 rings (SSSR count). The van der Waals surface area contributed by atoms with E-state index in [1.807, 2.05) is 25.8 Å². The summed E-state index contributed by atoms with van der Waals surface area (Å²) in [4.78, 5) is 44.1. The molecular formula is C50H81F3N2O14S. The topological polar surface area (TPSA) is 212 Å². The molecular weight excluding hydrogens is 942 g/mol. The molecule has 16 nitrogen and oxygen atoms in total. The summed E-state index contributed by atoms with van der Waals surface area (Å²) < 4.78 is 84.5. The first kappa shape index (κ1) is 60.1. The summed E-state index contributed by atoms with van der Waals surface area (Å²) in [7, 11) is 4.82. The number of amides is 1. The normalized spacial score (nSPS) is 39.3. The summed E-state index contributed by atoms with van der Waals surface area (Å²) in [6.45, 7) is 16.0. The van der Waals surface area contributed by atoms with E-state index in [1.165, 1.54) is 52.3 Å². The predicted octanol–water partition coefficient (Wildman–Crippen LogP) is 5.73. The van der Waals surface area contributed by atoms with Crippen LogP contribution in [0.3, 0.4) is 0 Å². The van der Waals surface area contributed by atoms with Gasteiger partial charge in [-0.25, -0.2) is 4.39 Å². The van der Waals surface area contributed by atoms with Crippen molar-refractivity contribution in [1.29, 1.82) is 0 Å². The number of rotatable bonds is 17. The maximum Gasteiger partial charge on any atom is 0.311 e. The molecule has 0 saturated carbocycles. The second kappa shape index (κ2) is 25.7. The van der Waals surface area contributed by atoms with Gasteiger partial charge in [-0.1, -0.05) is 51.6 Å². The summed E-state index contributed by atoms with van der Waals surface area (Å²) in [6.07, 6.45) is -9.18. The molecule has 0 aromatic heterocycles. The number of carbonyl (C=O) groups is 3. The van der Waals surface area contributed by atoms with Crippen molar-refractivity contribution < 1.29 is 81.1 Å². The van der Waals surface area contributed by atoms with Gasteiger partial charge in [0.1, 0.15) is 36.4 Å². The number of halogens is 3. The van der Waals surface area contributed by atoms with Gasteiger partial charge in [-0.15, -0.1) is 0 Å². The molecule has 0 radical (unpaired) electrons. The zero-order chi connectivity index (χ0) is 52.6. The molecule has 0 spiro atoms. The molecule has 70 heavy (non-hydrogen) atoms. The minimum absolute atomic E-state index is 0.0519. The van der Waals surface area contributed by atoms with Crippen molar-refractivity contribution in [3.8, 4) is 0 Å². The van der Waals surface area contributed by atoms with Crippen LogP contribution in [0.1, 0.15) is 119 Å². The highest BCUT2D eigenvalue weighted by molar-refractivity contribution is 7.99. The van der Waals surface area contributed by atoms with Gasteiger partial charge in [-0.2, -0.15) is 8.78 Å². The molecule has 3 fully saturated rings. The lowest BCUT2D eigenvalue weighted by Crippen LogP contribution is -2.60. The monoisotopic (exact) mass is 1020 g/mol. The fourth-order valence-corrected chi connectivity index (χ4v) is 11.0. The number of cyclic esters (lactones) is 1. The lowest BCUT2D eigenvalue weighted by molar-refractivity contribution is -0.309. The van der Waals surface area contributed by atoms with E-state index in [-0.39, 0.29) is 60.6 Å². The molecule has 3 aliphatic heterocycles. The number of ether oxygens (including phenoxy) is 7. The maximum atomic E-state index is 14.4. The van der Waals surface area contributed by atoms with E-state index in [0.29, 0.717) is 24.6 Å². The number of alkyl halides is 3. The molecule has 0 unspecified atom stereocenters. The summed E-state index contributed by atoms with van der Waals surface area (Å²) >= 11 is 0.343. The van der Waals surface area contributed by atoms with Crippen LogP contribution in [-0.2, 0) is 47.5 Å². The highest BCUT2D eigenvalue weighted by Gasteiger charge is 2.53. The Morgan fingerprint density at radius 2 is 1.54 bits per heavy atom. The number of ketones is 1. The van der Waals surface area contributed by atoms with E-state index in [1.54, 1.807) is 41.5 Å². The summed E-state index contributed by atoms with van der Waals surface area (Å²) in [5.41, 5.74) is -4.13. The molecule has 3 aliphatic rings. The molecule has 1 aromatic carbocycles. The number of aliphatic hydroxyl groups is 4. The van der Waals surface area contributed by atoms with Crippen LogP contribution in [0, 0.1) is 23.7 Å². The van der Waals surface area contributed by atoms with Crippen LogP contribution in [0.2, 0.25) is 0 Å². The van der Waals surface area contributed by atoms with Crippen LogP contribution in [-0.4, -0.2) is 167 Å². The minimum atomic E-state index is -2.62. The zero-order valence-corrected chi connectivity index (χ0v) is 44.0. The van der Waals surface area contributed by atoms with E-state index in [0.717, 1.165) is 0 Å². The molecule has 5 N–H and O–H groups in total. The van der Waals surface area contributed by atoms with Crippen molar-refractivity contribution in [2.75, 3.05) is 34.5 Å². The van der Waals surface area contributed by atoms with Crippen molar-refractivity contribution in [1.82, 2.24) is 10.2 Å². The van der Waals surface area contributed by atoms with Crippen molar-refractivity contribution in [2.24, 2.45) is 23.7 Å². The van der Waals surface area contributed by atoms with Gasteiger partial charge in [-0.3, -0.25) is 14.4 Å². The van der Waals surface area contributed by atoms with Crippen LogP contribution in [0.5, 0.6) is 0 Å². The van der Waals surface area contributed by atoms with E-state index >= 15 is 0 Å². The molecule has 1 amide bonds. The van der Waals surface area contributed by atoms with Gasteiger partial charge < -0.3 is 63.8 Å². The lowest BCUT2D eigenvalue weighted by Gasteiger charge is -2.49. The Morgan fingerprint density at radius 1 is 0.914 bits per heavy atom. The fraction of sp³-hybridized carbons (Fsp3) is 0.820. The Morgan fingerprint density at radius 3 is 2.11 bits per heavy atom. The third-order valence-electron chi connectivity index (χ3n) is 15.1. The Labute approximate surface area is 416 Å². The number of hydrogen-bond acceptors (Lipinski definition) is 16. The quantitative estimate of drug-likeness (QED) is 0.0932. The van der Waals surface area contributed by atoms with Crippen molar-refractivity contribution in [3.05, 3.63) is 29.8 Å². The Bertz CT molecular complexity index is 1840. The molecule has 20 heteroatoms. The summed E-state index contributed by atoms with van der Waals surface area (Å²) in [5, 5.41) is 47.8. The number of nitrogens with zero attached hydrogens (tertiary/aromatic N) is 1. The molecule has 402 valence electrons. The number of carbonyl (C=O) groups excluding carboxylic acids is 3. The van der Waals surface area contributed by atoms with Crippen LogP contribution < -0.4 is 5.32 Å². The van der Waals surface area contributed by atoms with E-state index in [2.05, 4.69) is 5.32 Å². The van der Waals surface area contributed by atoms with Gasteiger partial charge in [0.15, 0.2) is 12.6 Å². The van der Waals surface area contributed by atoms with Gasteiger partial charge in [0.05, 0.1) is 53.7 Å². The Kier molecular flexibility index (Phi) is 22.0. The average Bonchev–Trinajstić information content (AvgIpc) is 3.32. The van der Waals surface area contributed by atoms with Crippen LogP contribution in [0.4, 0.5) is 13.2 Å². The number of nitrogens with one attached hydrogen (secondary N) is 1. The van der Waals surface area contributed by atoms with Crippen molar-refractivity contribution >= 4 is 29.4 Å². The fourth-order valence-electron chi connectivity index (χ4n) is 10.5. The molecule has 3 heterocycles. The van der Waals surface area contributed by atoms with Gasteiger partial charge in [0.25, 0.3) is 5.76 Å². The van der Waals surface area contributed by atoms with Crippen LogP contribution >= 0.6 is 11.8 Å². The zero-order valence-electron chi connectivity index (χ0n) is 43.1. The SMILES string of the molecule is CC[C@H]1OC(=O)[C@H](C)[C@@H](O[C@H]2C[C@@](C)(OC)[C@@H](O)[C@H](C)O2)[C@H](C)[C@@H](O[C@H]2C[C@@H](N(C)CCC(=O)N[C@H](CF)[C@H](O)c3ccc(SC(F)F)cc3)C[C@@H](C)O2)[C@](C)(OC)C[C@@H](C)C(=O)[C@H](C)[C@@H](O)[C@]1(C)O. The number of hydrogen-bond donors (Lipinski definition) is 5. The minimum Gasteiger partial charge on any atom is -0.459 e. The second-order valence-corrected chi connectivity index (χ2v) is 21.6. The molecule has 3 saturated heterocycles. The predicted molar refractivity (Wildman–Crippen MR) is 254 cm³/mol. The number of aliphatic hydroxyl groups excluding tert-OH is 3. The largest absolute Gasteiger partial charge is 0.459 e. The van der Waals surface area contributed by atoms with E-state index in [9.17, 15) is 48.0 Å². The number of thioether (sulfide) groups is 1. The molecule has 1 aromatic rings. The third-order valence-corrected chi connectivity index (χ3v) is 15.8. The van der Waals surface area contributed by atoms with Gasteiger partial charge in [0, 0.05) is 68.7 Å². The number of Topliss-reactive ketones (excluding diaryl/α,β-unsaturated/α-hetero) is 1. The van der Waals surface area contributed by atoms with Crippen molar-refractivity contribution in [3.63, 3.8) is 0 Å². The molecule has 19 atom stereocenters. The number of benzene rings is 1. The van der Waals surface area contributed by atoms with Crippen LogP contribution in [0.25, 0.3) is 0 Å². The first-order valence-electron chi connectivity index (χ1n) is 24.5. The number of esters is 1. The van der Waals surface area contributed by atoms with Crippen molar-refractivity contribution in [2.45, 2.75) is 209 Å². The Hall–Kier alpha value is -2.47. The second-order valence-electron chi connectivity index (χ2n) is 20.5. The highest BCUT2D eigenvalue weighted by Crippen LogP contribution is 2.42. The van der Waals surface area contributed by atoms with Gasteiger partial charge in [-0.05, 0) is 85.5 Å². The molecule has 0 aliphatic carbocycles. The average molecular weight is 1020 g/mol. The summed E-state index contributed by atoms with van der Waals surface area (Å²) in [5.74, 6) is -7.88. The highest BCUT2D eigenvalue weighted by atomic mass is 32.2. The summed E-state index contributed by atoms with van der Waals surface area (Å²) in [6, 6.07) is 4.15.